The van der Waals surface area contributed by atoms with Gasteiger partial charge in [-0.25, -0.2) is 39.9 Å². The zero-order chi connectivity index (χ0) is 88.7. The molecule has 4 aliphatic heterocycles. The van der Waals surface area contributed by atoms with Crippen molar-refractivity contribution in [2.45, 2.75) is 354 Å². The van der Waals surface area contributed by atoms with Gasteiger partial charge in [-0.05, 0) is 133 Å². The fourth-order valence-corrected chi connectivity index (χ4v) is 17.1. The first-order valence-corrected chi connectivity index (χ1v) is 45.8. The number of hydrogen-bond acceptors (Lipinski definition) is 16. The largest absolute Gasteiger partial charge is 0.295 e. The summed E-state index contributed by atoms with van der Waals surface area (Å²) in [6, 6.07) is 16.6. The number of piperazine rings is 1. The molecule has 0 radical (unpaired) electrons. The molecule has 5 aliphatic rings. The van der Waals surface area contributed by atoms with Crippen molar-refractivity contribution >= 4 is 34.7 Å². The molecule has 654 valence electrons. The third-order valence-corrected chi connectivity index (χ3v) is 23.8. The topological polar surface area (TPSA) is 202 Å². The maximum absolute atomic E-state index is 4.61. The van der Waals surface area contributed by atoms with Gasteiger partial charge in [-0.1, -0.05) is 255 Å². The van der Waals surface area contributed by atoms with Crippen molar-refractivity contribution < 1.29 is 0 Å². The molecule has 16 rings (SSSR count). The van der Waals surface area contributed by atoms with Gasteiger partial charge in [0.1, 0.15) is 53.9 Å². The molecular formula is C101H150N20. The van der Waals surface area contributed by atoms with E-state index in [1.807, 2.05) is 58.6 Å². The van der Waals surface area contributed by atoms with Crippen molar-refractivity contribution in [2.75, 3.05) is 32.8 Å². The Balaban J connectivity index is 0.000000157. The van der Waals surface area contributed by atoms with Gasteiger partial charge in [0, 0.05) is 143 Å². The third kappa shape index (κ3) is 22.8. The van der Waals surface area contributed by atoms with Crippen LogP contribution in [-0.2, 0) is 0 Å². The second kappa shape index (κ2) is 43.3. The minimum atomic E-state index is 0.357. The van der Waals surface area contributed by atoms with E-state index in [2.05, 4.69) is 359 Å². The van der Waals surface area contributed by atoms with Crippen LogP contribution in [0.5, 0.6) is 0 Å². The van der Waals surface area contributed by atoms with E-state index in [-0.39, 0.29) is 0 Å². The van der Waals surface area contributed by atoms with Gasteiger partial charge >= 0.3 is 0 Å². The highest BCUT2D eigenvalue weighted by atomic mass is 15.3. The van der Waals surface area contributed by atoms with Gasteiger partial charge in [0.05, 0.1) is 34.5 Å². The van der Waals surface area contributed by atoms with E-state index in [1.165, 1.54) is 104 Å². The maximum atomic E-state index is 4.61. The van der Waals surface area contributed by atoms with Crippen molar-refractivity contribution in [3.63, 3.8) is 0 Å². The second-order valence-corrected chi connectivity index (χ2v) is 38.3. The lowest BCUT2D eigenvalue weighted by atomic mass is 9.85. The van der Waals surface area contributed by atoms with Gasteiger partial charge in [0.2, 0.25) is 0 Å². The molecule has 0 N–H and O–H groups in total. The maximum Gasteiger partial charge on any atom is 0.162 e. The first kappa shape index (κ1) is 95.7. The molecule has 1 saturated heterocycles. The predicted octanol–water partition coefficient (Wildman–Crippen LogP) is 20.3. The smallest absolute Gasteiger partial charge is 0.162 e. The van der Waals surface area contributed by atoms with E-state index < -0.39 is 0 Å². The molecule has 12 heterocycles. The van der Waals surface area contributed by atoms with Crippen LogP contribution in [0.1, 0.15) is 409 Å². The van der Waals surface area contributed by atoms with E-state index in [0.29, 0.717) is 89.5 Å². The summed E-state index contributed by atoms with van der Waals surface area (Å²) in [5, 5.41) is 16.0. The number of nitrogens with zero attached hydrogens (tertiary/aromatic N) is 20. The predicted molar refractivity (Wildman–Crippen MR) is 501 cm³/mol. The molecule has 121 heavy (non-hydrogen) atoms. The van der Waals surface area contributed by atoms with E-state index in [1.54, 1.807) is 12.7 Å². The summed E-state index contributed by atoms with van der Waals surface area (Å²) in [6.07, 6.45) is 28.9. The summed E-state index contributed by atoms with van der Waals surface area (Å²) < 4.78 is 7.89. The van der Waals surface area contributed by atoms with Gasteiger partial charge in [0.15, 0.2) is 11.3 Å². The summed E-state index contributed by atoms with van der Waals surface area (Å²) in [4.78, 5) is 59.1. The van der Waals surface area contributed by atoms with Crippen molar-refractivity contribution in [1.29, 1.82) is 0 Å². The molecule has 2 fully saturated rings. The molecule has 1 saturated carbocycles. The normalized spacial score (nSPS) is 15.5. The molecule has 8 aromatic heterocycles. The lowest BCUT2D eigenvalue weighted by Crippen LogP contribution is -2.63. The van der Waals surface area contributed by atoms with Crippen molar-refractivity contribution in [1.82, 2.24) is 77.7 Å². The van der Waals surface area contributed by atoms with Gasteiger partial charge in [0.25, 0.3) is 0 Å². The third-order valence-electron chi connectivity index (χ3n) is 23.8. The highest BCUT2D eigenvalue weighted by Gasteiger charge is 2.39. The molecule has 0 bridgehead atoms. The first-order chi connectivity index (χ1) is 57.4. The second-order valence-electron chi connectivity index (χ2n) is 38.3. The van der Waals surface area contributed by atoms with E-state index in [9.17, 15) is 0 Å². The summed E-state index contributed by atoms with van der Waals surface area (Å²) >= 11 is 0. The minimum absolute atomic E-state index is 0.357. The van der Waals surface area contributed by atoms with Crippen LogP contribution in [0, 0.1) is 0 Å². The van der Waals surface area contributed by atoms with Gasteiger partial charge < -0.3 is 0 Å². The zero-order valence-electron chi connectivity index (χ0n) is 80.1. The SMILES string of the molecule is CC(C)N1CCN(C(C)C)[C@@H]2CCCC[C@H]21.CC(C)c1ccc(C(C)C)c2c1=CCN=2.CC(C)c1ccc(C(C)C)c2c1=CCN=2.CC(C)c1ccc(C(C)C)c2c1=NCN=2.CC(C)c1cnc(C(C)C)n2ccnc12.CC(C)c1cnc(C(C)C)n2ccnc12.CC(C)c1cnc(C(C)C)n2ncnc12.CC(C)c1cnc(C(C)C)n2ncnc12. The molecule has 11 aromatic rings. The first-order valence-electron chi connectivity index (χ1n) is 45.8. The van der Waals surface area contributed by atoms with Crippen molar-refractivity contribution in [3.8, 4) is 0 Å². The Morgan fingerprint density at radius 3 is 0.851 bits per heavy atom. The van der Waals surface area contributed by atoms with Crippen LogP contribution in [0.25, 0.3) is 34.7 Å². The molecule has 0 amide bonds. The van der Waals surface area contributed by atoms with Crippen LogP contribution < -0.4 is 31.9 Å². The highest BCUT2D eigenvalue weighted by Crippen LogP contribution is 2.34. The standard InChI is InChI=1S/C14H28N2.2C14H19N.C13H18N2.2C12H17N3.2C11H16N4/c1-11(2)15-9-10-16(12(3)4)14-8-6-5-7-13(14)15;2*1-9(2)11-5-6-12(10(3)4)14-13(11)7-8-15-14;1-8(2)10-5-6-11(9(3)4)13-12(10)14-7-15-13;2*1-8(2)10-7-14-11(9(3)4)15-6-5-13-12(10)15;2*1-7(2)9-5-12-10(8(3)4)15-11(9)13-6-14-15/h11-14H,5-10H2,1-4H3;2*5-7,9-10H,8H2,1-4H3;5-6,8-9H,7H2,1-4H3;2*5-9H,1-4H3;2*5-8H,1-4H3/t13-,14-;;;;;;;/m1......./s1. The van der Waals surface area contributed by atoms with Crippen LogP contribution in [-0.4, -0.2) is 135 Å². The molecule has 1 aliphatic carbocycles. The Morgan fingerprint density at radius 2 is 0.562 bits per heavy atom. The summed E-state index contributed by atoms with van der Waals surface area (Å²) in [5.74, 6) is 10.8. The van der Waals surface area contributed by atoms with Crippen molar-refractivity contribution in [2.24, 2.45) is 20.0 Å². The molecular weight excluding hydrogens is 1490 g/mol. The zero-order valence-corrected chi connectivity index (χ0v) is 80.1. The quantitative estimate of drug-likeness (QED) is 0.0887. The number of aromatic nitrogens is 14. The Labute approximate surface area is 724 Å². The molecule has 2 atom stereocenters. The van der Waals surface area contributed by atoms with Gasteiger partial charge in [-0.2, -0.15) is 19.2 Å². The van der Waals surface area contributed by atoms with E-state index in [0.717, 1.165) is 105 Å². The molecule has 20 nitrogen and oxygen atoms in total. The Hall–Kier alpha value is -9.14. The van der Waals surface area contributed by atoms with E-state index in [4.69, 9.17) is 0 Å². The van der Waals surface area contributed by atoms with Gasteiger partial charge in [-0.3, -0.25) is 38.6 Å². The number of hydrogen-bond donors (Lipinski definition) is 0. The average Bonchev–Trinajstić information content (AvgIpc) is 1.63. The van der Waals surface area contributed by atoms with Crippen LogP contribution in [0.15, 0.2) is 119 Å². The summed E-state index contributed by atoms with van der Waals surface area (Å²) in [6.45, 7) is 75.3. The number of rotatable bonds is 16. The molecule has 20 heteroatoms. The van der Waals surface area contributed by atoms with Gasteiger partial charge in [-0.15, -0.1) is 0 Å². The number of imidazole rings is 2. The number of benzene rings is 3. The average molecular weight is 1640 g/mol. The number of fused-ring (bicyclic) bond motifs is 8. The fourth-order valence-electron chi connectivity index (χ4n) is 17.1. The summed E-state index contributed by atoms with van der Waals surface area (Å²) in [5.41, 5.74) is 17.0. The van der Waals surface area contributed by atoms with Crippen LogP contribution in [0.4, 0.5) is 0 Å². The van der Waals surface area contributed by atoms with Crippen LogP contribution in [0.3, 0.4) is 0 Å². The Kier molecular flexibility index (Phi) is 34.2. The Bertz CT molecular complexity index is 4690. The minimum Gasteiger partial charge on any atom is -0.295 e. The fraction of sp³-hybridized carbons (Fsp3) is 0.584. The molecule has 0 unspecified atom stereocenters. The van der Waals surface area contributed by atoms with Crippen LogP contribution >= 0.6 is 0 Å². The summed E-state index contributed by atoms with van der Waals surface area (Å²) in [7, 11) is 0. The molecule has 0 spiro atoms. The van der Waals surface area contributed by atoms with Crippen LogP contribution in [0.2, 0.25) is 0 Å². The van der Waals surface area contributed by atoms with Crippen molar-refractivity contribution in [3.05, 3.63) is 209 Å². The molecule has 3 aromatic carbocycles. The Morgan fingerprint density at radius 1 is 0.281 bits per heavy atom. The monoisotopic (exact) mass is 1640 g/mol. The highest BCUT2D eigenvalue weighted by molar-refractivity contribution is 5.52. The lowest BCUT2D eigenvalue weighted by molar-refractivity contribution is -0.0335. The van der Waals surface area contributed by atoms with E-state index >= 15 is 0 Å². The lowest BCUT2D eigenvalue weighted by Gasteiger charge is -2.52.